The topological polar surface area (TPSA) is 410 Å². The first kappa shape index (κ1) is 64.6. The molecule has 0 saturated carbocycles. The number of amides is 9. The van der Waals surface area contributed by atoms with Gasteiger partial charge in [0.15, 0.2) is 0 Å². The van der Waals surface area contributed by atoms with Crippen molar-refractivity contribution in [3.63, 3.8) is 0 Å². The van der Waals surface area contributed by atoms with Crippen molar-refractivity contribution in [1.82, 2.24) is 61.9 Å². The largest absolute Gasteiger partial charge is 2.00 e. The molecule has 2 aromatic heterocycles. The quantitative estimate of drug-likeness (QED) is 0.0361. The van der Waals surface area contributed by atoms with E-state index < -0.39 is 118 Å². The van der Waals surface area contributed by atoms with Gasteiger partial charge in [-0.15, -0.1) is 5.06 Å². The fourth-order valence-corrected chi connectivity index (χ4v) is 7.82. The molecular formula is C45H56CaN12O17S2-2. The Morgan fingerprint density at radius 1 is 0.623 bits per heavy atom. The van der Waals surface area contributed by atoms with E-state index in [1.54, 1.807) is 0 Å². The molecule has 0 radical (unpaired) electrons. The number of hydroxylamine groups is 4. The van der Waals surface area contributed by atoms with Crippen LogP contribution in [0.1, 0.15) is 132 Å². The fourth-order valence-electron chi connectivity index (χ4n) is 7.58. The van der Waals surface area contributed by atoms with E-state index in [2.05, 4.69) is 26.6 Å². The first-order valence-electron chi connectivity index (χ1n) is 24.0. The number of imide groups is 1. The van der Waals surface area contributed by atoms with Crippen LogP contribution in [-0.4, -0.2) is 190 Å². The Hall–Kier alpha value is -6.64. The molecule has 1 atom stereocenters. The number of unbranched alkanes of at least 4 members (excludes halogenated alkanes) is 1. The van der Waals surface area contributed by atoms with Crippen LogP contribution in [0.4, 0.5) is 0 Å². The number of fused-ring (bicyclic) bond motifs is 2. The molecule has 6 heterocycles. The molecular weight excluding hydrogens is 1080 g/mol. The monoisotopic (exact) mass is 1140 g/mol. The Kier molecular flexibility index (Phi) is 27.6. The van der Waals surface area contributed by atoms with E-state index in [9.17, 15) is 78.4 Å². The average molecular weight is 1140 g/mol. The Balaban J connectivity index is 0.0000156. The zero-order valence-corrected chi connectivity index (χ0v) is 45.5. The van der Waals surface area contributed by atoms with Gasteiger partial charge in [0.2, 0.25) is 17.7 Å². The van der Waals surface area contributed by atoms with Crippen LogP contribution in [0.2, 0.25) is 0 Å². The van der Waals surface area contributed by atoms with Gasteiger partial charge in [0.05, 0.1) is 22.8 Å². The van der Waals surface area contributed by atoms with E-state index in [4.69, 9.17) is 29.3 Å². The smallest absolute Gasteiger partial charge is 0.803 e. The van der Waals surface area contributed by atoms with Gasteiger partial charge >= 0.3 is 43.7 Å². The molecule has 7 N–H and O–H groups in total. The summed E-state index contributed by atoms with van der Waals surface area (Å²) >= 11 is 9.75. The zero-order chi connectivity index (χ0) is 55.9. The molecule has 6 rings (SSSR count). The Bertz CT molecular complexity index is 2650. The standard InChI is InChI=1S/C45H56N12O17S2.Ca/c58-32(9-5-10-39(63)74-57-35(59)15-16-36(57)60)46-17-2-1-8-27-26-49-42(66)30-13-11-28(44(68)55(30)72)40(64)47-18-6-22-53(37(61)24-33(75)51-70)20-3-4-21-54(38(62)25-34(76)52-71)23-7-19-48-41(65)29-12-14-31(43(67)50-27)56(73)45(29)69;/h11-14,27H,1-10,15-26H2,(H7-2,46,47,48,49,50,51,52,58,64,65,66,67,68,69,70,71,75,76);/q-4;+2/t27-;/m0./s1. The van der Waals surface area contributed by atoms with Crippen molar-refractivity contribution >= 4 is 131 Å². The van der Waals surface area contributed by atoms with Gasteiger partial charge in [-0.3, -0.25) is 52.7 Å². The summed E-state index contributed by atoms with van der Waals surface area (Å²) in [5.41, 5.74) is -2.57. The third-order valence-corrected chi connectivity index (χ3v) is 12.1. The van der Waals surface area contributed by atoms with E-state index in [1.165, 1.54) is 20.8 Å². The molecule has 0 unspecified atom stereocenters. The summed E-state index contributed by atoms with van der Waals surface area (Å²) in [6.45, 7) is -0.349. The first-order chi connectivity index (χ1) is 36.2. The molecule has 2 aromatic rings. The molecule has 0 spiro atoms. The van der Waals surface area contributed by atoms with Crippen molar-refractivity contribution in [2.75, 3.05) is 52.4 Å². The number of nitrogens with one attached hydrogen (secondary N) is 7. The number of aromatic nitrogens is 2. The maximum absolute atomic E-state index is 13.5. The molecule has 4 aliphatic heterocycles. The van der Waals surface area contributed by atoms with Gasteiger partial charge in [-0.1, -0.05) is 24.4 Å². The van der Waals surface area contributed by atoms with Crippen LogP contribution in [0.5, 0.6) is 0 Å². The zero-order valence-electron chi connectivity index (χ0n) is 41.6. The predicted molar refractivity (Wildman–Crippen MR) is 280 cm³/mol. The van der Waals surface area contributed by atoms with Crippen molar-refractivity contribution < 1.29 is 52.8 Å². The number of nitrogens with zero attached hydrogens (tertiary/aromatic N) is 5. The third-order valence-electron chi connectivity index (χ3n) is 11.6. The van der Waals surface area contributed by atoms with Crippen molar-refractivity contribution in [3.8, 4) is 0 Å². The summed E-state index contributed by atoms with van der Waals surface area (Å²) in [5, 5.41) is 61.4. The summed E-state index contributed by atoms with van der Waals surface area (Å²) in [6.07, 6.45) is 0.00549. The molecule has 0 aromatic carbocycles. The van der Waals surface area contributed by atoms with Gasteiger partial charge in [-0.25, -0.2) is 4.79 Å². The summed E-state index contributed by atoms with van der Waals surface area (Å²) in [7, 11) is 0. The van der Waals surface area contributed by atoms with Crippen LogP contribution in [0.25, 0.3) is 0 Å². The molecule has 1 saturated heterocycles. The number of rotatable bonds is 14. The van der Waals surface area contributed by atoms with Crippen LogP contribution < -0.4 is 48.7 Å². The number of hydrogen-bond donors (Lipinski definition) is 7. The summed E-state index contributed by atoms with van der Waals surface area (Å²) in [5.74, 6) is -7.89. The molecule has 414 valence electrons. The van der Waals surface area contributed by atoms with Crippen molar-refractivity contribution in [3.05, 3.63) is 88.3 Å². The SMILES string of the molecule is O=C(CCCC(=O)ON1C(=O)CCC1=O)NCCCC[C@H]1CNC(=O)c2ccc(c(=O)n2[O-])C(=O)NCCCN(C(=O)CC(=S)N[O-])CCCCN(C(=O)CC(=S)N[O-])CCCNC(=O)c2ccc(n([O-])c2=O)C(=O)N1.[Ca+2]. The molecule has 4 bridgehead atoms. The van der Waals surface area contributed by atoms with Crippen LogP contribution in [0.3, 0.4) is 0 Å². The normalized spacial score (nSPS) is 16.5. The van der Waals surface area contributed by atoms with Gasteiger partial charge in [-0.05, 0) is 75.6 Å². The number of thiocarbonyl (C=S) groups is 2. The molecule has 9 amide bonds. The van der Waals surface area contributed by atoms with E-state index in [-0.39, 0.29) is 167 Å². The number of pyridine rings is 2. The third kappa shape index (κ3) is 20.3. The minimum Gasteiger partial charge on any atom is -0.803 e. The summed E-state index contributed by atoms with van der Waals surface area (Å²) < 4.78 is -0.632. The predicted octanol–water partition coefficient (Wildman–Crippen LogP) is -1.79. The molecule has 4 aliphatic rings. The Morgan fingerprint density at radius 2 is 1.10 bits per heavy atom. The fraction of sp³-hybridized carbons (Fsp3) is 0.511. The van der Waals surface area contributed by atoms with Crippen LogP contribution in [0, 0.1) is 20.8 Å². The van der Waals surface area contributed by atoms with E-state index >= 15 is 0 Å². The number of hydrogen-bond acceptors (Lipinski definition) is 19. The summed E-state index contributed by atoms with van der Waals surface area (Å²) in [6, 6.07) is 2.67. The van der Waals surface area contributed by atoms with E-state index in [0.717, 1.165) is 24.3 Å². The molecule has 29 nitrogen and oxygen atoms in total. The van der Waals surface area contributed by atoms with Crippen LogP contribution >= 0.6 is 24.4 Å². The second kappa shape index (κ2) is 32.8. The molecule has 0 aliphatic carbocycles. The minimum absolute atomic E-state index is 0. The molecule has 77 heavy (non-hydrogen) atoms. The maximum Gasteiger partial charge on any atom is 2.00 e. The second-order valence-corrected chi connectivity index (χ2v) is 18.2. The van der Waals surface area contributed by atoms with Crippen LogP contribution in [-0.2, 0) is 33.6 Å². The van der Waals surface area contributed by atoms with Crippen LogP contribution in [0.15, 0.2) is 33.9 Å². The minimum atomic E-state index is -1.40. The number of carbonyl (C=O) groups is 10. The summed E-state index contributed by atoms with van der Waals surface area (Å²) in [4.78, 5) is 160. The molecule has 1 fully saturated rings. The second-order valence-electron chi connectivity index (χ2n) is 17.2. The van der Waals surface area contributed by atoms with Gasteiger partial charge in [0.25, 0.3) is 46.6 Å². The van der Waals surface area contributed by atoms with Gasteiger partial charge in [-0.2, -0.15) is 0 Å². The van der Waals surface area contributed by atoms with Crippen molar-refractivity contribution in [1.29, 1.82) is 0 Å². The van der Waals surface area contributed by atoms with E-state index in [0.29, 0.717) is 17.9 Å². The maximum atomic E-state index is 13.5. The van der Waals surface area contributed by atoms with Gasteiger partial charge in [0.1, 0.15) is 22.5 Å². The molecule has 32 heteroatoms. The van der Waals surface area contributed by atoms with Crippen molar-refractivity contribution in [2.45, 2.75) is 95.9 Å². The Labute approximate surface area is 479 Å². The average Bonchev–Trinajstić information content (AvgIpc) is 3.70. The number of carbonyl (C=O) groups excluding carboxylic acids is 10. The first-order valence-corrected chi connectivity index (χ1v) is 24.8. The van der Waals surface area contributed by atoms with Crippen molar-refractivity contribution in [2.24, 2.45) is 0 Å². The van der Waals surface area contributed by atoms with Gasteiger partial charge < -0.3 is 82.5 Å². The van der Waals surface area contributed by atoms with Gasteiger partial charge in [0, 0.05) is 84.1 Å². The van der Waals surface area contributed by atoms with E-state index in [1.807, 2.05) is 0 Å². The Morgan fingerprint density at radius 3 is 1.60 bits per heavy atom.